The van der Waals surface area contributed by atoms with Crippen molar-refractivity contribution in [1.82, 2.24) is 0 Å². The molecule has 2 aromatic carbocycles. The van der Waals surface area contributed by atoms with E-state index in [2.05, 4.69) is 11.8 Å². The van der Waals surface area contributed by atoms with E-state index in [9.17, 15) is 0 Å². The average Bonchev–Trinajstić information content (AvgIpc) is 2.39. The van der Waals surface area contributed by atoms with Gasteiger partial charge in [-0.25, -0.2) is 0 Å². The Hall–Kier alpha value is -2.09. The zero-order valence-electron chi connectivity index (χ0n) is 9.18. The molecule has 2 rings (SSSR count). The summed E-state index contributed by atoms with van der Waals surface area (Å²) < 4.78 is 0. The molecule has 1 heteroatoms. The number of hydrogen-bond donors (Lipinski definition) is 0. The highest BCUT2D eigenvalue weighted by molar-refractivity contribution is 7.99. The van der Waals surface area contributed by atoms with E-state index in [0.29, 0.717) is 0 Å². The summed E-state index contributed by atoms with van der Waals surface area (Å²) in [5.74, 6) is 5.26. The van der Waals surface area contributed by atoms with Crippen molar-refractivity contribution in [1.29, 1.82) is 0 Å². The van der Waals surface area contributed by atoms with Crippen LogP contribution in [0.4, 0.5) is 0 Å². The lowest BCUT2D eigenvalue weighted by molar-refractivity contribution is 1.39. The van der Waals surface area contributed by atoms with Gasteiger partial charge in [0, 0.05) is 20.9 Å². The van der Waals surface area contributed by atoms with Crippen LogP contribution in [0.3, 0.4) is 0 Å². The largest absolute Gasteiger partial charge is 0.115 e. The quantitative estimate of drug-likeness (QED) is 0.712. The Morgan fingerprint density at radius 2 is 1.24 bits per heavy atom. The van der Waals surface area contributed by atoms with Gasteiger partial charge in [-0.05, 0) is 36.4 Å². The first kappa shape index (κ1) is 11.4. The second-order valence-corrected chi connectivity index (χ2v) is 4.59. The summed E-state index contributed by atoms with van der Waals surface area (Å²) in [7, 11) is 0. The summed E-state index contributed by atoms with van der Waals surface area (Å²) in [5.41, 5.74) is 1.78. The summed E-state index contributed by atoms with van der Waals surface area (Å²) >= 11 is 1.66. The van der Waals surface area contributed by atoms with Crippen molar-refractivity contribution >= 4 is 11.8 Å². The van der Waals surface area contributed by atoms with Gasteiger partial charge >= 0.3 is 0 Å². The van der Waals surface area contributed by atoms with Gasteiger partial charge < -0.3 is 0 Å². The molecule has 0 saturated carbocycles. The van der Waals surface area contributed by atoms with Crippen LogP contribution in [0, 0.1) is 24.7 Å². The van der Waals surface area contributed by atoms with Gasteiger partial charge in [0.1, 0.15) is 0 Å². The highest BCUT2D eigenvalue weighted by atomic mass is 32.2. The van der Waals surface area contributed by atoms with Crippen molar-refractivity contribution < 1.29 is 0 Å². The maximum atomic E-state index is 5.37. The Morgan fingerprint density at radius 3 is 1.65 bits per heavy atom. The molecule has 0 aliphatic rings. The van der Waals surface area contributed by atoms with Gasteiger partial charge in [-0.3, -0.25) is 0 Å². The standard InChI is InChI=1S/C16H10S/c1-3-13-7-5-9-15(11-13)17-16-10-6-8-14(4-2)12-16/h1-2,5-12H. The molecule has 0 unspecified atom stereocenters. The second kappa shape index (κ2) is 5.30. The van der Waals surface area contributed by atoms with Crippen LogP contribution in [0.25, 0.3) is 0 Å². The molecule has 80 valence electrons. The monoisotopic (exact) mass is 234 g/mol. The fourth-order valence-electron chi connectivity index (χ4n) is 1.43. The van der Waals surface area contributed by atoms with Crippen LogP contribution < -0.4 is 0 Å². The Kier molecular flexibility index (Phi) is 3.55. The first-order valence-corrected chi connectivity index (χ1v) is 5.94. The lowest BCUT2D eigenvalue weighted by Crippen LogP contribution is -1.78. The summed E-state index contributed by atoms with van der Waals surface area (Å²) in [6.45, 7) is 0. The molecule has 17 heavy (non-hydrogen) atoms. The van der Waals surface area contributed by atoms with Crippen molar-refractivity contribution in [3.63, 3.8) is 0 Å². The van der Waals surface area contributed by atoms with Gasteiger partial charge in [-0.15, -0.1) is 12.8 Å². The van der Waals surface area contributed by atoms with Crippen LogP contribution in [0.1, 0.15) is 11.1 Å². The topological polar surface area (TPSA) is 0 Å². The number of rotatable bonds is 2. The first-order chi connectivity index (χ1) is 8.31. The molecule has 2 aromatic rings. The fraction of sp³-hybridized carbons (Fsp3) is 0. The van der Waals surface area contributed by atoms with Gasteiger partial charge in [0.2, 0.25) is 0 Å². The molecule has 0 bridgehead atoms. The van der Waals surface area contributed by atoms with Gasteiger partial charge in [-0.2, -0.15) is 0 Å². The summed E-state index contributed by atoms with van der Waals surface area (Å²) in [6, 6.07) is 15.8. The number of terminal acetylenes is 2. The van der Waals surface area contributed by atoms with Crippen LogP contribution >= 0.6 is 11.8 Å². The van der Waals surface area contributed by atoms with Gasteiger partial charge in [-0.1, -0.05) is 35.7 Å². The zero-order valence-corrected chi connectivity index (χ0v) is 10.00. The van der Waals surface area contributed by atoms with Crippen molar-refractivity contribution in [2.75, 3.05) is 0 Å². The molecule has 0 fully saturated rings. The molecule has 0 atom stereocenters. The number of benzene rings is 2. The van der Waals surface area contributed by atoms with Gasteiger partial charge in [0.15, 0.2) is 0 Å². The average molecular weight is 234 g/mol. The predicted octanol–water partition coefficient (Wildman–Crippen LogP) is 3.80. The third kappa shape index (κ3) is 2.94. The van der Waals surface area contributed by atoms with Crippen molar-refractivity contribution in [3.8, 4) is 24.7 Å². The molecule has 0 radical (unpaired) electrons. The van der Waals surface area contributed by atoms with E-state index in [-0.39, 0.29) is 0 Å². The summed E-state index contributed by atoms with van der Waals surface area (Å²) in [5, 5.41) is 0. The van der Waals surface area contributed by atoms with Gasteiger partial charge in [0.05, 0.1) is 0 Å². The van der Waals surface area contributed by atoms with E-state index in [1.54, 1.807) is 11.8 Å². The van der Waals surface area contributed by atoms with Crippen LogP contribution in [-0.2, 0) is 0 Å². The lowest BCUT2D eigenvalue weighted by Gasteiger charge is -2.02. The number of hydrogen-bond acceptors (Lipinski definition) is 1. The zero-order chi connectivity index (χ0) is 12.1. The Labute approximate surface area is 106 Å². The minimum atomic E-state index is 0.892. The molecular formula is C16H10S. The van der Waals surface area contributed by atoms with Gasteiger partial charge in [0.25, 0.3) is 0 Å². The fourth-order valence-corrected chi connectivity index (χ4v) is 2.37. The van der Waals surface area contributed by atoms with Crippen LogP contribution in [0.5, 0.6) is 0 Å². The highest BCUT2D eigenvalue weighted by Gasteiger charge is 1.98. The maximum absolute atomic E-state index is 5.37. The molecular weight excluding hydrogens is 224 g/mol. The Morgan fingerprint density at radius 1 is 0.765 bits per heavy atom. The van der Waals surface area contributed by atoms with E-state index in [0.717, 1.165) is 20.9 Å². The van der Waals surface area contributed by atoms with E-state index in [1.807, 2.05) is 48.5 Å². The first-order valence-electron chi connectivity index (χ1n) is 5.13. The normalized spacial score (nSPS) is 9.29. The minimum Gasteiger partial charge on any atom is -0.115 e. The van der Waals surface area contributed by atoms with Crippen LogP contribution in [0.15, 0.2) is 58.3 Å². The summed E-state index contributed by atoms with van der Waals surface area (Å²) in [6.07, 6.45) is 10.7. The molecule has 0 nitrogen and oxygen atoms in total. The van der Waals surface area contributed by atoms with E-state index in [1.165, 1.54) is 0 Å². The van der Waals surface area contributed by atoms with Crippen molar-refractivity contribution in [3.05, 3.63) is 59.7 Å². The van der Waals surface area contributed by atoms with Crippen molar-refractivity contribution in [2.45, 2.75) is 9.79 Å². The molecule has 0 spiro atoms. The van der Waals surface area contributed by atoms with Crippen molar-refractivity contribution in [2.24, 2.45) is 0 Å². The minimum absolute atomic E-state index is 0.892. The predicted molar refractivity (Wildman–Crippen MR) is 72.9 cm³/mol. The molecule has 0 aliphatic heterocycles. The third-order valence-corrected chi connectivity index (χ3v) is 3.22. The maximum Gasteiger partial charge on any atom is 0.0253 e. The smallest absolute Gasteiger partial charge is 0.0253 e. The highest BCUT2D eigenvalue weighted by Crippen LogP contribution is 2.28. The molecule has 0 saturated heterocycles. The second-order valence-electron chi connectivity index (χ2n) is 3.45. The lowest BCUT2D eigenvalue weighted by atomic mass is 10.2. The molecule has 0 N–H and O–H groups in total. The third-order valence-electron chi connectivity index (χ3n) is 2.24. The SMILES string of the molecule is C#Cc1cccc(Sc2cccc(C#C)c2)c1. The molecule has 0 aliphatic carbocycles. The molecule has 0 heterocycles. The molecule has 0 aromatic heterocycles. The van der Waals surface area contributed by atoms with E-state index < -0.39 is 0 Å². The van der Waals surface area contributed by atoms with E-state index >= 15 is 0 Å². The summed E-state index contributed by atoms with van der Waals surface area (Å²) in [4.78, 5) is 2.24. The molecule has 0 amide bonds. The Bertz CT molecular complexity index is 556. The van der Waals surface area contributed by atoms with Crippen LogP contribution in [0.2, 0.25) is 0 Å². The Balaban J connectivity index is 2.26. The van der Waals surface area contributed by atoms with E-state index in [4.69, 9.17) is 12.8 Å². The van der Waals surface area contributed by atoms with Crippen LogP contribution in [-0.4, -0.2) is 0 Å².